The number of carbonyl (C=O) groups is 3. The number of amides is 3. The van der Waals surface area contributed by atoms with Crippen molar-refractivity contribution >= 4 is 23.4 Å². The average molecular weight is 625 g/mol. The topological polar surface area (TPSA) is 112 Å². The molecule has 0 aromatic heterocycles. The lowest BCUT2D eigenvalue weighted by atomic mass is 9.70. The van der Waals surface area contributed by atoms with Gasteiger partial charge in [0.05, 0.1) is 50.4 Å². The zero-order valence-corrected chi connectivity index (χ0v) is 26.6. The number of hydrogen-bond donors (Lipinski definition) is 1. The first-order chi connectivity index (χ1) is 21.8. The molecule has 4 heterocycles. The van der Waals surface area contributed by atoms with E-state index in [0.717, 1.165) is 13.1 Å². The fourth-order valence-corrected chi connectivity index (χ4v) is 7.69. The molecule has 5 rings (SSSR count). The van der Waals surface area contributed by atoms with Crippen LogP contribution in [0.5, 0.6) is 5.75 Å². The maximum absolute atomic E-state index is 14.6. The van der Waals surface area contributed by atoms with E-state index in [0.29, 0.717) is 70.2 Å². The van der Waals surface area contributed by atoms with Crippen molar-refractivity contribution in [2.24, 2.45) is 11.8 Å². The van der Waals surface area contributed by atoms with Gasteiger partial charge < -0.3 is 34.0 Å². The summed E-state index contributed by atoms with van der Waals surface area (Å²) in [4.78, 5) is 50.7. The van der Waals surface area contributed by atoms with E-state index in [1.807, 2.05) is 38.1 Å². The molecule has 4 aliphatic rings. The Kier molecular flexibility index (Phi) is 10.6. The number of ether oxygens (including phenoxy) is 3. The zero-order valence-electron chi connectivity index (χ0n) is 26.6. The molecule has 0 saturated carbocycles. The van der Waals surface area contributed by atoms with Crippen LogP contribution in [0, 0.1) is 11.8 Å². The molecule has 4 aliphatic heterocycles. The van der Waals surface area contributed by atoms with E-state index in [1.54, 1.807) is 26.9 Å². The van der Waals surface area contributed by atoms with Gasteiger partial charge in [-0.25, -0.2) is 0 Å². The Bertz CT molecular complexity index is 1230. The SMILES string of the molecule is C=CCN(CCN1CCOCC1)C(=O)C1N([C@@H](CC)CO)C(=O)[C@@H]2[C@@H](C(=O)N(CC=C)c3ccc(OCC)cc3)[C@H]3CCC12O3. The number of aliphatic hydroxyl groups is 1. The number of hydrogen-bond acceptors (Lipinski definition) is 8. The lowest BCUT2D eigenvalue weighted by Crippen LogP contribution is -2.59. The summed E-state index contributed by atoms with van der Waals surface area (Å²) in [5.74, 6) is -1.66. The van der Waals surface area contributed by atoms with Crippen LogP contribution in [0.2, 0.25) is 0 Å². The van der Waals surface area contributed by atoms with Crippen LogP contribution in [0.1, 0.15) is 33.1 Å². The van der Waals surface area contributed by atoms with Crippen molar-refractivity contribution in [1.82, 2.24) is 14.7 Å². The third-order valence-corrected chi connectivity index (χ3v) is 9.82. The van der Waals surface area contributed by atoms with Gasteiger partial charge in [-0.1, -0.05) is 19.1 Å². The number of rotatable bonds is 15. The first kappa shape index (κ1) is 33.1. The Morgan fingerprint density at radius 3 is 2.47 bits per heavy atom. The Morgan fingerprint density at radius 1 is 1.13 bits per heavy atom. The van der Waals surface area contributed by atoms with E-state index in [9.17, 15) is 19.5 Å². The number of nitrogens with zero attached hydrogens (tertiary/aromatic N) is 4. The summed E-state index contributed by atoms with van der Waals surface area (Å²) in [5, 5.41) is 10.4. The first-order valence-corrected chi connectivity index (χ1v) is 16.3. The van der Waals surface area contributed by atoms with Gasteiger partial charge in [-0.05, 0) is 50.5 Å². The van der Waals surface area contributed by atoms with E-state index in [2.05, 4.69) is 18.1 Å². The second-order valence-electron chi connectivity index (χ2n) is 12.2. The van der Waals surface area contributed by atoms with Crippen LogP contribution in [0.15, 0.2) is 49.6 Å². The van der Waals surface area contributed by atoms with E-state index >= 15 is 0 Å². The predicted octanol–water partition coefficient (Wildman–Crippen LogP) is 2.10. The maximum Gasteiger partial charge on any atom is 0.248 e. The van der Waals surface area contributed by atoms with Crippen molar-refractivity contribution in [3.63, 3.8) is 0 Å². The Hall–Kier alpha value is -3.25. The van der Waals surface area contributed by atoms with E-state index in [1.165, 1.54) is 0 Å². The van der Waals surface area contributed by atoms with Gasteiger partial charge in [0.2, 0.25) is 17.7 Å². The third-order valence-electron chi connectivity index (χ3n) is 9.82. The van der Waals surface area contributed by atoms with Gasteiger partial charge in [0.15, 0.2) is 0 Å². The van der Waals surface area contributed by atoms with Gasteiger partial charge in [-0.2, -0.15) is 0 Å². The van der Waals surface area contributed by atoms with Crippen LogP contribution < -0.4 is 9.64 Å². The molecule has 11 nitrogen and oxygen atoms in total. The number of anilines is 1. The standard InChI is InChI=1S/C34H48N4O7/c1-5-15-36(18-17-35-19-21-43-22-20-35)33(42)30-34-14-13-27(45-34)28(29(34)32(41)38(30)24(7-3)23-39)31(40)37(16-6-2)25-9-11-26(12-10-25)44-8-4/h5-6,9-12,24,27-30,39H,1-2,7-8,13-23H2,3-4H3/t24-,27+,28-,29-,30?,34?/m0/s1. The number of carbonyl (C=O) groups excluding carboxylic acids is 3. The molecule has 4 fully saturated rings. The first-order valence-electron chi connectivity index (χ1n) is 16.3. The number of fused-ring (bicyclic) bond motifs is 1. The van der Waals surface area contributed by atoms with Crippen molar-refractivity contribution in [1.29, 1.82) is 0 Å². The largest absolute Gasteiger partial charge is 0.494 e. The smallest absolute Gasteiger partial charge is 0.248 e. The van der Waals surface area contributed by atoms with Crippen molar-refractivity contribution in [3.05, 3.63) is 49.6 Å². The number of morpholine rings is 1. The summed E-state index contributed by atoms with van der Waals surface area (Å²) < 4.78 is 17.8. The highest BCUT2D eigenvalue weighted by atomic mass is 16.5. The Balaban J connectivity index is 1.47. The summed E-state index contributed by atoms with van der Waals surface area (Å²) in [5.41, 5.74) is -0.490. The summed E-state index contributed by atoms with van der Waals surface area (Å²) in [6.07, 6.45) is 4.38. The van der Waals surface area contributed by atoms with Crippen LogP contribution in [-0.2, 0) is 23.9 Å². The van der Waals surface area contributed by atoms with Gasteiger partial charge in [0.25, 0.3) is 0 Å². The van der Waals surface area contributed by atoms with Crippen LogP contribution in [0.25, 0.3) is 0 Å². The van der Waals surface area contributed by atoms with Gasteiger partial charge >= 0.3 is 0 Å². The molecule has 45 heavy (non-hydrogen) atoms. The minimum Gasteiger partial charge on any atom is -0.494 e. The van der Waals surface area contributed by atoms with Crippen molar-refractivity contribution in [2.75, 3.05) is 70.6 Å². The molecule has 0 radical (unpaired) electrons. The fraction of sp³-hybridized carbons (Fsp3) is 0.618. The Morgan fingerprint density at radius 2 is 1.84 bits per heavy atom. The zero-order chi connectivity index (χ0) is 32.1. The second kappa shape index (κ2) is 14.5. The normalized spacial score (nSPS) is 28.1. The predicted molar refractivity (Wildman–Crippen MR) is 170 cm³/mol. The lowest BCUT2D eigenvalue weighted by Gasteiger charge is -2.39. The van der Waals surface area contributed by atoms with E-state index < -0.39 is 35.6 Å². The molecule has 2 unspecified atom stereocenters. The van der Waals surface area contributed by atoms with Crippen molar-refractivity contribution in [3.8, 4) is 5.75 Å². The van der Waals surface area contributed by atoms with Gasteiger partial charge in [-0.15, -0.1) is 13.2 Å². The van der Waals surface area contributed by atoms with E-state index in [-0.39, 0.29) is 30.9 Å². The maximum atomic E-state index is 14.6. The fourth-order valence-electron chi connectivity index (χ4n) is 7.69. The minimum absolute atomic E-state index is 0.228. The monoisotopic (exact) mass is 624 g/mol. The quantitative estimate of drug-likeness (QED) is 0.296. The molecule has 246 valence electrons. The van der Waals surface area contributed by atoms with Crippen molar-refractivity contribution in [2.45, 2.75) is 56.9 Å². The highest BCUT2D eigenvalue weighted by Crippen LogP contribution is 2.59. The molecule has 1 aromatic carbocycles. The minimum atomic E-state index is -1.15. The summed E-state index contributed by atoms with van der Waals surface area (Å²) in [6.45, 7) is 16.4. The summed E-state index contributed by atoms with van der Waals surface area (Å²) >= 11 is 0. The summed E-state index contributed by atoms with van der Waals surface area (Å²) in [6, 6.07) is 5.76. The van der Waals surface area contributed by atoms with Gasteiger partial charge in [0.1, 0.15) is 17.4 Å². The molecule has 1 N–H and O–H groups in total. The van der Waals surface area contributed by atoms with Crippen LogP contribution in [-0.4, -0.2) is 127 Å². The molecule has 11 heteroatoms. The molecule has 1 spiro atoms. The van der Waals surface area contributed by atoms with Gasteiger partial charge in [0, 0.05) is 45.0 Å². The molecule has 4 saturated heterocycles. The molecular formula is C34H48N4O7. The van der Waals surface area contributed by atoms with Crippen LogP contribution >= 0.6 is 0 Å². The van der Waals surface area contributed by atoms with Crippen molar-refractivity contribution < 1.29 is 33.7 Å². The lowest BCUT2D eigenvalue weighted by molar-refractivity contribution is -0.151. The average Bonchev–Trinajstić information content (AvgIpc) is 3.71. The highest BCUT2D eigenvalue weighted by Gasteiger charge is 2.75. The molecular weight excluding hydrogens is 576 g/mol. The Labute approximate surface area is 266 Å². The van der Waals surface area contributed by atoms with Gasteiger partial charge in [-0.3, -0.25) is 19.3 Å². The van der Waals surface area contributed by atoms with E-state index in [4.69, 9.17) is 14.2 Å². The molecule has 2 bridgehead atoms. The molecule has 3 amide bonds. The van der Waals surface area contributed by atoms with Crippen LogP contribution in [0.3, 0.4) is 0 Å². The number of benzene rings is 1. The second-order valence-corrected chi connectivity index (χ2v) is 12.2. The molecule has 1 aromatic rings. The van der Waals surface area contributed by atoms with Crippen LogP contribution in [0.4, 0.5) is 5.69 Å². The molecule has 6 atom stereocenters. The number of aliphatic hydroxyl groups excluding tert-OH is 1. The summed E-state index contributed by atoms with van der Waals surface area (Å²) in [7, 11) is 0. The number of likely N-dealkylation sites (tertiary alicyclic amines) is 1. The molecule has 0 aliphatic carbocycles. The third kappa shape index (κ3) is 6.15. The highest BCUT2D eigenvalue weighted by molar-refractivity contribution is 6.03.